The second-order valence-corrected chi connectivity index (χ2v) is 5.97. The molecule has 7 nitrogen and oxygen atoms in total. The molecule has 0 saturated carbocycles. The van der Waals surface area contributed by atoms with Crippen LogP contribution in [-0.2, 0) is 18.0 Å². The van der Waals surface area contributed by atoms with Gasteiger partial charge >= 0.3 is 0 Å². The summed E-state index contributed by atoms with van der Waals surface area (Å²) in [5.74, 6) is 0.916. The lowest BCUT2D eigenvalue weighted by atomic mass is 10.1. The van der Waals surface area contributed by atoms with Gasteiger partial charge in [0.2, 0.25) is 0 Å². The van der Waals surface area contributed by atoms with Gasteiger partial charge in [0.05, 0.1) is 17.9 Å². The number of oxime groups is 1. The summed E-state index contributed by atoms with van der Waals surface area (Å²) in [6, 6.07) is 11.7. The van der Waals surface area contributed by atoms with Crippen LogP contribution in [0.4, 0.5) is 0 Å². The van der Waals surface area contributed by atoms with Crippen LogP contribution in [0.1, 0.15) is 34.0 Å². The Balaban J connectivity index is 1.67. The third kappa shape index (κ3) is 4.26. The fourth-order valence-electron chi connectivity index (χ4n) is 2.54. The van der Waals surface area contributed by atoms with E-state index in [1.165, 1.54) is 0 Å². The average molecular weight is 339 g/mol. The van der Waals surface area contributed by atoms with Gasteiger partial charge in [0.15, 0.2) is 18.2 Å². The molecular weight excluding hydrogens is 318 g/mol. The number of rotatable bonds is 6. The molecule has 0 unspecified atom stereocenters. The summed E-state index contributed by atoms with van der Waals surface area (Å²) in [7, 11) is 0. The van der Waals surface area contributed by atoms with E-state index in [0.717, 1.165) is 28.2 Å². The van der Waals surface area contributed by atoms with Crippen molar-refractivity contribution in [1.29, 1.82) is 0 Å². The fourth-order valence-corrected chi connectivity index (χ4v) is 2.54. The molecular formula is C18H21N5O2. The maximum Gasteiger partial charge on any atom is 0.177 e. The predicted octanol–water partition coefficient (Wildman–Crippen LogP) is 2.68. The molecule has 25 heavy (non-hydrogen) atoms. The lowest BCUT2D eigenvalue weighted by Gasteiger charge is -2.07. The van der Waals surface area contributed by atoms with Crippen LogP contribution in [0.2, 0.25) is 0 Å². The minimum Gasteiger partial charge on any atom is -0.386 e. The fraction of sp³-hybridized carbons (Fsp3) is 0.278. The highest BCUT2D eigenvalue weighted by Crippen LogP contribution is 2.10. The number of hydrogen-bond acceptors (Lipinski definition) is 5. The molecule has 0 radical (unpaired) electrons. The minimum atomic E-state index is 0.187. The number of nitrogens with zero attached hydrogens (tertiary/aromatic N) is 4. The second-order valence-electron chi connectivity index (χ2n) is 5.97. The number of benzene rings is 1. The predicted molar refractivity (Wildman–Crippen MR) is 94.0 cm³/mol. The average Bonchev–Trinajstić information content (AvgIpc) is 3.12. The molecule has 0 aliphatic heterocycles. The monoisotopic (exact) mass is 339 g/mol. The first-order chi connectivity index (χ1) is 12.0. The van der Waals surface area contributed by atoms with Crippen LogP contribution in [0, 0.1) is 20.8 Å². The molecule has 3 rings (SSSR count). The summed E-state index contributed by atoms with van der Waals surface area (Å²) >= 11 is 0. The van der Waals surface area contributed by atoms with Crippen LogP contribution in [0.5, 0.6) is 0 Å². The SMILES string of the molecule is Cc1cc(CO/N=C(\N)c2cccc(Cn3nc(C)cc3C)c2)on1. The highest BCUT2D eigenvalue weighted by atomic mass is 16.6. The molecule has 3 aromatic rings. The van der Waals surface area contributed by atoms with E-state index in [2.05, 4.69) is 21.5 Å². The van der Waals surface area contributed by atoms with E-state index in [0.29, 0.717) is 18.1 Å². The van der Waals surface area contributed by atoms with Crippen LogP contribution < -0.4 is 5.73 Å². The summed E-state index contributed by atoms with van der Waals surface area (Å²) in [5.41, 5.74) is 10.8. The Labute approximate surface area is 146 Å². The molecule has 0 aliphatic carbocycles. The summed E-state index contributed by atoms with van der Waals surface area (Å²) in [6.45, 7) is 6.74. The van der Waals surface area contributed by atoms with E-state index in [1.807, 2.05) is 49.7 Å². The summed E-state index contributed by atoms with van der Waals surface area (Å²) in [4.78, 5) is 5.24. The Morgan fingerprint density at radius 1 is 1.20 bits per heavy atom. The van der Waals surface area contributed by atoms with Gasteiger partial charge in [0.25, 0.3) is 0 Å². The number of amidine groups is 1. The normalized spacial score (nSPS) is 11.7. The Bertz CT molecular complexity index is 895. The quantitative estimate of drug-likeness (QED) is 0.423. The second kappa shape index (κ2) is 7.21. The van der Waals surface area contributed by atoms with Gasteiger partial charge in [-0.15, -0.1) is 0 Å². The van der Waals surface area contributed by atoms with Crippen molar-refractivity contribution in [3.63, 3.8) is 0 Å². The highest BCUT2D eigenvalue weighted by Gasteiger charge is 2.06. The maximum absolute atomic E-state index is 6.02. The third-order valence-corrected chi connectivity index (χ3v) is 3.70. The molecule has 2 N–H and O–H groups in total. The van der Waals surface area contributed by atoms with Gasteiger partial charge in [-0.05, 0) is 38.5 Å². The largest absolute Gasteiger partial charge is 0.386 e. The van der Waals surface area contributed by atoms with Crippen LogP contribution in [0.3, 0.4) is 0 Å². The van der Waals surface area contributed by atoms with Crippen LogP contribution in [0.15, 0.2) is 46.1 Å². The van der Waals surface area contributed by atoms with Crippen molar-refractivity contribution in [2.24, 2.45) is 10.9 Å². The van der Waals surface area contributed by atoms with E-state index >= 15 is 0 Å². The van der Waals surface area contributed by atoms with Gasteiger partial charge in [0, 0.05) is 17.3 Å². The molecule has 0 bridgehead atoms. The molecule has 1 aromatic carbocycles. The Morgan fingerprint density at radius 3 is 2.72 bits per heavy atom. The number of aryl methyl sites for hydroxylation is 3. The first-order valence-corrected chi connectivity index (χ1v) is 7.99. The van der Waals surface area contributed by atoms with Crippen molar-refractivity contribution >= 4 is 5.84 Å². The molecule has 0 amide bonds. The minimum absolute atomic E-state index is 0.187. The van der Waals surface area contributed by atoms with Gasteiger partial charge in [-0.25, -0.2) is 0 Å². The Kier molecular flexibility index (Phi) is 4.83. The van der Waals surface area contributed by atoms with Gasteiger partial charge in [-0.2, -0.15) is 5.10 Å². The molecule has 130 valence electrons. The Hall–Kier alpha value is -3.09. The van der Waals surface area contributed by atoms with Crippen molar-refractivity contribution in [3.05, 3.63) is 70.4 Å². The van der Waals surface area contributed by atoms with Crippen LogP contribution in [0.25, 0.3) is 0 Å². The zero-order chi connectivity index (χ0) is 17.8. The third-order valence-electron chi connectivity index (χ3n) is 3.70. The van der Waals surface area contributed by atoms with Crippen molar-refractivity contribution < 1.29 is 9.36 Å². The molecule has 0 saturated heterocycles. The molecule has 2 aromatic heterocycles. The highest BCUT2D eigenvalue weighted by molar-refractivity contribution is 5.97. The molecule has 0 atom stereocenters. The first kappa shape index (κ1) is 16.8. The van der Waals surface area contributed by atoms with E-state index in [-0.39, 0.29) is 6.61 Å². The molecule has 0 fully saturated rings. The molecule has 0 spiro atoms. The lowest BCUT2D eigenvalue weighted by Crippen LogP contribution is -2.14. The first-order valence-electron chi connectivity index (χ1n) is 7.99. The molecule has 0 aliphatic rings. The van der Waals surface area contributed by atoms with Gasteiger partial charge in [0.1, 0.15) is 0 Å². The van der Waals surface area contributed by atoms with Gasteiger partial charge in [-0.1, -0.05) is 28.5 Å². The lowest BCUT2D eigenvalue weighted by molar-refractivity contribution is 0.109. The van der Waals surface area contributed by atoms with Crippen molar-refractivity contribution in [1.82, 2.24) is 14.9 Å². The van der Waals surface area contributed by atoms with Crippen molar-refractivity contribution in [2.45, 2.75) is 33.9 Å². The zero-order valence-electron chi connectivity index (χ0n) is 14.6. The van der Waals surface area contributed by atoms with Crippen molar-refractivity contribution in [2.75, 3.05) is 0 Å². The zero-order valence-corrected chi connectivity index (χ0v) is 14.6. The summed E-state index contributed by atoms with van der Waals surface area (Å²) in [6.07, 6.45) is 0. The van der Waals surface area contributed by atoms with E-state index in [1.54, 1.807) is 6.07 Å². The van der Waals surface area contributed by atoms with Gasteiger partial charge in [-0.3, -0.25) is 4.68 Å². The van der Waals surface area contributed by atoms with Crippen molar-refractivity contribution in [3.8, 4) is 0 Å². The standard InChI is InChI=1S/C18H21N5O2/c1-12-7-14(3)23(20-12)10-15-5-4-6-16(9-15)18(19)22-24-11-17-8-13(2)21-25-17/h4-9H,10-11H2,1-3H3,(H2,19,22). The molecule has 7 heteroatoms. The summed E-state index contributed by atoms with van der Waals surface area (Å²) in [5, 5.41) is 12.2. The Morgan fingerprint density at radius 2 is 2.04 bits per heavy atom. The van der Waals surface area contributed by atoms with Gasteiger partial charge < -0.3 is 15.1 Å². The number of aromatic nitrogens is 3. The van der Waals surface area contributed by atoms with E-state index < -0.39 is 0 Å². The maximum atomic E-state index is 6.02. The topological polar surface area (TPSA) is 91.5 Å². The number of nitrogens with two attached hydrogens (primary N) is 1. The van der Waals surface area contributed by atoms with E-state index in [4.69, 9.17) is 15.1 Å². The van der Waals surface area contributed by atoms with E-state index in [9.17, 15) is 0 Å². The van der Waals surface area contributed by atoms with Crippen LogP contribution >= 0.6 is 0 Å². The summed E-state index contributed by atoms with van der Waals surface area (Å²) < 4.78 is 7.02. The molecule has 2 heterocycles. The van der Waals surface area contributed by atoms with Crippen LogP contribution in [-0.4, -0.2) is 20.8 Å². The number of hydrogen-bond donors (Lipinski definition) is 1. The smallest absolute Gasteiger partial charge is 0.177 e.